The maximum Gasteiger partial charge on any atom is 0.472 e. The molecule has 0 bridgehead atoms. The Bertz CT molecular complexity index is 1210. The van der Waals surface area contributed by atoms with Crippen LogP contribution in [0.5, 0.6) is 0 Å². The number of esters is 2. The zero-order valence-electron chi connectivity index (χ0n) is 35.6. The Morgan fingerprint density at radius 1 is 0.603 bits per heavy atom. The molecule has 0 heterocycles. The summed E-state index contributed by atoms with van der Waals surface area (Å²) in [6.07, 6.45) is 34.9. The van der Waals surface area contributed by atoms with Crippen LogP contribution in [0.4, 0.5) is 0 Å². The van der Waals surface area contributed by atoms with E-state index in [1.165, 1.54) is 57.8 Å². The van der Waals surface area contributed by atoms with Crippen molar-refractivity contribution in [2.75, 3.05) is 19.8 Å². The summed E-state index contributed by atoms with van der Waals surface area (Å²) in [5, 5.41) is 29.5. The van der Waals surface area contributed by atoms with Crippen LogP contribution in [0.3, 0.4) is 0 Å². The molecular formula is C44H78NO12P. The van der Waals surface area contributed by atoms with Gasteiger partial charge in [0.1, 0.15) is 12.6 Å². The predicted molar refractivity (Wildman–Crippen MR) is 229 cm³/mol. The highest BCUT2D eigenvalue weighted by Crippen LogP contribution is 2.43. The van der Waals surface area contributed by atoms with E-state index in [1.807, 2.05) is 18.2 Å². The van der Waals surface area contributed by atoms with Crippen LogP contribution in [-0.4, -0.2) is 82.3 Å². The minimum Gasteiger partial charge on any atom is -0.480 e. The van der Waals surface area contributed by atoms with E-state index < -0.39 is 69.9 Å². The molecule has 0 aromatic rings. The molecule has 0 saturated carbocycles. The van der Waals surface area contributed by atoms with Gasteiger partial charge in [0.2, 0.25) is 0 Å². The van der Waals surface area contributed by atoms with E-state index >= 15 is 0 Å². The number of aliphatic hydroxyl groups is 2. The summed E-state index contributed by atoms with van der Waals surface area (Å²) in [7, 11) is -4.79. The van der Waals surface area contributed by atoms with E-state index in [9.17, 15) is 34.1 Å². The maximum absolute atomic E-state index is 12.6. The second kappa shape index (κ2) is 38.6. The molecule has 58 heavy (non-hydrogen) atoms. The summed E-state index contributed by atoms with van der Waals surface area (Å²) in [6.45, 7) is 2.46. The lowest BCUT2D eigenvalue weighted by atomic mass is 10.0. The number of carboxylic acids is 1. The molecule has 13 nitrogen and oxygen atoms in total. The molecule has 0 aromatic heterocycles. The summed E-state index contributed by atoms with van der Waals surface area (Å²) in [5.41, 5.74) is 5.31. The van der Waals surface area contributed by atoms with Gasteiger partial charge < -0.3 is 35.4 Å². The minimum atomic E-state index is -4.79. The molecule has 0 fully saturated rings. The number of carbonyl (C=O) groups excluding carboxylic acids is 2. The van der Waals surface area contributed by atoms with Crippen LogP contribution < -0.4 is 5.73 Å². The van der Waals surface area contributed by atoms with Crippen LogP contribution in [0.15, 0.2) is 48.6 Å². The van der Waals surface area contributed by atoms with Crippen LogP contribution in [-0.2, 0) is 37.5 Å². The van der Waals surface area contributed by atoms with Crippen molar-refractivity contribution < 1.29 is 57.7 Å². The van der Waals surface area contributed by atoms with E-state index in [2.05, 4.69) is 48.8 Å². The Hall–Kier alpha value is -2.64. The van der Waals surface area contributed by atoms with Crippen LogP contribution in [0.1, 0.15) is 168 Å². The SMILES string of the molecule is CCCCC/C=C\C/C=C\C/C=C\CC(O)C(O)CCCC(=O)OC[C@H](COP(=O)(O)OC[C@H](N)C(=O)O)OC(=O)CCCCCCC/C=C\CCCCCCCC. The van der Waals surface area contributed by atoms with Gasteiger partial charge in [-0.3, -0.25) is 23.4 Å². The number of rotatable bonds is 40. The van der Waals surface area contributed by atoms with Crippen molar-refractivity contribution in [3.63, 3.8) is 0 Å². The van der Waals surface area contributed by atoms with Crippen LogP contribution in [0.25, 0.3) is 0 Å². The average molecular weight is 844 g/mol. The van der Waals surface area contributed by atoms with Crippen LogP contribution in [0.2, 0.25) is 0 Å². The third-order valence-electron chi connectivity index (χ3n) is 9.25. The molecular weight excluding hydrogens is 765 g/mol. The molecule has 336 valence electrons. The fraction of sp³-hybridized carbons (Fsp3) is 0.750. The number of hydrogen-bond donors (Lipinski definition) is 5. The molecule has 0 aliphatic heterocycles. The topological polar surface area (TPSA) is 212 Å². The lowest BCUT2D eigenvalue weighted by Crippen LogP contribution is -2.34. The molecule has 0 aliphatic carbocycles. The molecule has 6 N–H and O–H groups in total. The summed E-state index contributed by atoms with van der Waals surface area (Å²) >= 11 is 0. The van der Waals surface area contributed by atoms with Crippen molar-refractivity contribution in [3.05, 3.63) is 48.6 Å². The second-order valence-electron chi connectivity index (χ2n) is 14.8. The molecule has 0 rings (SSSR count). The van der Waals surface area contributed by atoms with Gasteiger partial charge >= 0.3 is 25.7 Å². The first-order valence-electron chi connectivity index (χ1n) is 21.8. The van der Waals surface area contributed by atoms with Gasteiger partial charge in [-0.2, -0.15) is 0 Å². The molecule has 0 aliphatic rings. The first-order chi connectivity index (χ1) is 27.9. The Kier molecular flexibility index (Phi) is 36.8. The number of unbranched alkanes of at least 4 members (excludes halogenated alkanes) is 14. The van der Waals surface area contributed by atoms with Crippen LogP contribution >= 0.6 is 7.82 Å². The normalized spacial score (nSPS) is 15.3. The fourth-order valence-electron chi connectivity index (χ4n) is 5.63. The molecule has 0 spiro atoms. The third kappa shape index (κ3) is 36.4. The van der Waals surface area contributed by atoms with Gasteiger partial charge in [-0.1, -0.05) is 127 Å². The van der Waals surface area contributed by atoms with Gasteiger partial charge in [0.05, 0.1) is 25.4 Å². The van der Waals surface area contributed by atoms with Crippen molar-refractivity contribution >= 4 is 25.7 Å². The number of allylic oxidation sites excluding steroid dienone is 7. The predicted octanol–water partition coefficient (Wildman–Crippen LogP) is 9.34. The van der Waals surface area contributed by atoms with Gasteiger partial charge in [-0.05, 0) is 77.0 Å². The largest absolute Gasteiger partial charge is 0.480 e. The molecule has 14 heteroatoms. The fourth-order valence-corrected chi connectivity index (χ4v) is 6.41. The monoisotopic (exact) mass is 844 g/mol. The highest BCUT2D eigenvalue weighted by molar-refractivity contribution is 7.47. The van der Waals surface area contributed by atoms with Crippen molar-refractivity contribution in [2.24, 2.45) is 5.73 Å². The Labute approximate surface area is 349 Å². The number of aliphatic carboxylic acids is 1. The first kappa shape index (κ1) is 55.4. The van der Waals surface area contributed by atoms with Crippen molar-refractivity contribution in [3.8, 4) is 0 Å². The summed E-state index contributed by atoms with van der Waals surface area (Å²) < 4.78 is 32.5. The number of hydrogen-bond acceptors (Lipinski definition) is 11. The van der Waals surface area contributed by atoms with Crippen molar-refractivity contribution in [1.82, 2.24) is 0 Å². The van der Waals surface area contributed by atoms with E-state index in [0.29, 0.717) is 6.42 Å². The zero-order valence-corrected chi connectivity index (χ0v) is 36.5. The van der Waals surface area contributed by atoms with Crippen molar-refractivity contribution in [1.29, 1.82) is 0 Å². The van der Waals surface area contributed by atoms with Gasteiger partial charge in [-0.15, -0.1) is 0 Å². The second-order valence-corrected chi connectivity index (χ2v) is 16.2. The lowest BCUT2D eigenvalue weighted by Gasteiger charge is -2.20. The Morgan fingerprint density at radius 3 is 1.71 bits per heavy atom. The minimum absolute atomic E-state index is 0.0896. The van der Waals surface area contributed by atoms with E-state index in [0.717, 1.165) is 57.8 Å². The number of carboxylic acid groups (broad SMARTS) is 1. The van der Waals surface area contributed by atoms with Gasteiger partial charge in [-0.25, -0.2) is 4.57 Å². The molecule has 0 amide bonds. The standard InChI is InChI=1S/C44H78NO12P/c1-3-5-7-9-11-13-15-17-18-19-21-23-25-27-29-33-43(49)57-38(36-55-58(52,53)56-37-39(45)44(50)51)35-54-42(48)34-30-32-41(47)40(46)31-28-26-24-22-20-16-14-12-10-8-6-4-2/h12,14,17-18,20,22,26,28,38-41,46-47H,3-11,13,15-16,19,21,23-25,27,29-37,45H2,1-2H3,(H,50,51)(H,52,53)/b14-12-,18-17-,22-20-,28-26-/t38-,39+,40?,41?/m1/s1. The molecule has 0 radical (unpaired) electrons. The molecule has 0 saturated heterocycles. The maximum atomic E-state index is 12.6. The van der Waals surface area contributed by atoms with Gasteiger partial charge in [0.15, 0.2) is 6.10 Å². The molecule has 0 aromatic carbocycles. The highest BCUT2D eigenvalue weighted by Gasteiger charge is 2.28. The number of carbonyl (C=O) groups is 3. The van der Waals surface area contributed by atoms with E-state index in [1.54, 1.807) is 0 Å². The van der Waals surface area contributed by atoms with E-state index in [4.69, 9.17) is 24.8 Å². The Morgan fingerprint density at radius 2 is 1.09 bits per heavy atom. The number of phosphoric ester groups is 1. The third-order valence-corrected chi connectivity index (χ3v) is 10.2. The summed E-state index contributed by atoms with van der Waals surface area (Å²) in [6, 6.07) is -1.56. The number of aliphatic hydroxyl groups excluding tert-OH is 2. The summed E-state index contributed by atoms with van der Waals surface area (Å²) in [4.78, 5) is 46.0. The van der Waals surface area contributed by atoms with Gasteiger partial charge in [0, 0.05) is 12.8 Å². The smallest absolute Gasteiger partial charge is 0.472 e. The first-order valence-corrected chi connectivity index (χ1v) is 23.3. The Balaban J connectivity index is 4.62. The van der Waals surface area contributed by atoms with Gasteiger partial charge in [0.25, 0.3) is 0 Å². The highest BCUT2D eigenvalue weighted by atomic mass is 31.2. The van der Waals surface area contributed by atoms with Crippen LogP contribution in [0, 0.1) is 0 Å². The van der Waals surface area contributed by atoms with Crippen molar-refractivity contribution in [2.45, 2.75) is 192 Å². The summed E-state index contributed by atoms with van der Waals surface area (Å²) in [5.74, 6) is -2.71. The number of phosphoric acid groups is 1. The zero-order chi connectivity index (χ0) is 43.1. The quantitative estimate of drug-likeness (QED) is 0.0169. The van der Waals surface area contributed by atoms with E-state index in [-0.39, 0.29) is 32.1 Å². The number of nitrogens with two attached hydrogens (primary N) is 1. The number of ether oxygens (including phenoxy) is 2. The average Bonchev–Trinajstić information content (AvgIpc) is 3.19. The molecule has 3 unspecified atom stereocenters. The molecule has 5 atom stereocenters. The lowest BCUT2D eigenvalue weighted by molar-refractivity contribution is -0.161.